The van der Waals surface area contributed by atoms with Crippen LogP contribution < -0.4 is 5.32 Å². The highest BCUT2D eigenvalue weighted by Crippen LogP contribution is 2.37. The zero-order chi connectivity index (χ0) is 12.5. The van der Waals surface area contributed by atoms with Crippen molar-refractivity contribution in [2.45, 2.75) is 12.6 Å². The number of hydrogen-bond acceptors (Lipinski definition) is 1. The molecule has 1 aromatic carbocycles. The molecule has 0 aliphatic heterocycles. The van der Waals surface area contributed by atoms with Gasteiger partial charge in [0.1, 0.15) is 0 Å². The number of hydrogen-bond donors (Lipinski definition) is 2. The van der Waals surface area contributed by atoms with E-state index in [9.17, 15) is 13.2 Å². The van der Waals surface area contributed by atoms with Gasteiger partial charge < -0.3 is 10.3 Å². The van der Waals surface area contributed by atoms with Crippen LogP contribution in [-0.2, 0) is 12.6 Å². The molecule has 92 valence electrons. The first kappa shape index (κ1) is 12.0. The Bertz CT molecular complexity index is 514. The normalized spacial score (nSPS) is 12.2. The van der Waals surface area contributed by atoms with Crippen LogP contribution in [0.1, 0.15) is 11.3 Å². The number of para-hydroxylation sites is 1. The summed E-state index contributed by atoms with van der Waals surface area (Å²) in [6.07, 6.45) is -3.98. The number of benzene rings is 1. The molecule has 5 heteroatoms. The van der Waals surface area contributed by atoms with Crippen LogP contribution in [-0.4, -0.2) is 18.6 Å². The molecule has 1 aromatic heterocycles. The third-order valence-corrected chi connectivity index (χ3v) is 2.69. The Hall–Kier alpha value is -1.49. The van der Waals surface area contributed by atoms with Crippen molar-refractivity contribution in [1.29, 1.82) is 0 Å². The summed E-state index contributed by atoms with van der Waals surface area (Å²) >= 11 is 0. The first-order chi connectivity index (χ1) is 8.04. The van der Waals surface area contributed by atoms with E-state index in [1.165, 1.54) is 6.07 Å². The number of halogens is 3. The first-order valence-corrected chi connectivity index (χ1v) is 5.35. The van der Waals surface area contributed by atoms with Crippen molar-refractivity contribution in [3.05, 3.63) is 35.5 Å². The van der Waals surface area contributed by atoms with Crippen LogP contribution in [0.4, 0.5) is 13.2 Å². The average molecular weight is 242 g/mol. The van der Waals surface area contributed by atoms with E-state index in [1.807, 2.05) is 0 Å². The second-order valence-corrected chi connectivity index (χ2v) is 3.88. The lowest BCUT2D eigenvalue weighted by atomic mass is 10.1. The summed E-state index contributed by atoms with van der Waals surface area (Å²) in [6, 6.07) is 6.50. The number of aromatic nitrogens is 1. The number of H-pyrrole nitrogens is 1. The molecule has 0 unspecified atom stereocenters. The molecule has 0 amide bonds. The minimum atomic E-state index is -4.32. The van der Waals surface area contributed by atoms with Gasteiger partial charge in [0.05, 0.1) is 5.56 Å². The Morgan fingerprint density at radius 3 is 2.59 bits per heavy atom. The summed E-state index contributed by atoms with van der Waals surface area (Å²) in [5, 5.41) is 3.09. The second kappa shape index (κ2) is 4.41. The van der Waals surface area contributed by atoms with E-state index in [1.54, 1.807) is 25.2 Å². The molecule has 2 rings (SSSR count). The lowest BCUT2D eigenvalue weighted by Crippen LogP contribution is -2.14. The molecule has 0 fully saturated rings. The van der Waals surface area contributed by atoms with Crippen LogP contribution in [0.5, 0.6) is 0 Å². The fourth-order valence-corrected chi connectivity index (χ4v) is 1.96. The molecule has 0 aliphatic rings. The minimum absolute atomic E-state index is 0.242. The number of alkyl halides is 3. The molecule has 0 spiro atoms. The van der Waals surface area contributed by atoms with E-state index in [0.717, 1.165) is 0 Å². The molecule has 2 nitrogen and oxygen atoms in total. The summed E-state index contributed by atoms with van der Waals surface area (Å²) in [6.45, 7) is 0.510. The van der Waals surface area contributed by atoms with Gasteiger partial charge in [-0.25, -0.2) is 0 Å². The highest BCUT2D eigenvalue weighted by molar-refractivity contribution is 5.85. The molecular weight excluding hydrogens is 229 g/mol. The first-order valence-electron chi connectivity index (χ1n) is 5.35. The maximum Gasteiger partial charge on any atom is 0.418 e. The van der Waals surface area contributed by atoms with Gasteiger partial charge in [0.2, 0.25) is 0 Å². The molecule has 1 heterocycles. The Balaban J connectivity index is 2.57. The van der Waals surface area contributed by atoms with E-state index >= 15 is 0 Å². The van der Waals surface area contributed by atoms with Crippen molar-refractivity contribution in [3.63, 3.8) is 0 Å². The van der Waals surface area contributed by atoms with Crippen LogP contribution in [0.15, 0.2) is 24.3 Å². The van der Waals surface area contributed by atoms with Gasteiger partial charge in [-0.3, -0.25) is 0 Å². The number of fused-ring (bicyclic) bond motifs is 1. The molecule has 0 saturated heterocycles. The van der Waals surface area contributed by atoms with Crippen molar-refractivity contribution >= 4 is 10.9 Å². The molecule has 0 radical (unpaired) electrons. The maximum atomic E-state index is 13.0. The topological polar surface area (TPSA) is 27.8 Å². The third kappa shape index (κ3) is 2.29. The predicted molar refractivity (Wildman–Crippen MR) is 60.9 cm³/mol. The Morgan fingerprint density at radius 2 is 1.94 bits per heavy atom. The third-order valence-electron chi connectivity index (χ3n) is 2.69. The highest BCUT2D eigenvalue weighted by atomic mass is 19.4. The summed E-state index contributed by atoms with van der Waals surface area (Å²) in [4.78, 5) is 2.85. The van der Waals surface area contributed by atoms with Crippen molar-refractivity contribution in [3.8, 4) is 0 Å². The predicted octanol–water partition coefficient (Wildman–Crippen LogP) is 2.95. The monoisotopic (exact) mass is 242 g/mol. The summed E-state index contributed by atoms with van der Waals surface area (Å²) < 4.78 is 39.0. The lowest BCUT2D eigenvalue weighted by Gasteiger charge is -2.08. The summed E-state index contributed by atoms with van der Waals surface area (Å²) in [5.74, 6) is 0. The summed E-state index contributed by atoms with van der Waals surface area (Å²) in [5.41, 5.74) is 0.238. The molecule has 17 heavy (non-hydrogen) atoms. The van der Waals surface area contributed by atoms with Gasteiger partial charge >= 0.3 is 6.18 Å². The quantitative estimate of drug-likeness (QED) is 0.850. The van der Waals surface area contributed by atoms with Crippen LogP contribution in [0.2, 0.25) is 0 Å². The molecule has 0 saturated carbocycles. The van der Waals surface area contributed by atoms with Crippen LogP contribution in [0.3, 0.4) is 0 Å². The van der Waals surface area contributed by atoms with Crippen molar-refractivity contribution in [2.24, 2.45) is 0 Å². The number of rotatable bonds is 3. The van der Waals surface area contributed by atoms with E-state index in [-0.39, 0.29) is 11.1 Å². The summed E-state index contributed by atoms with van der Waals surface area (Å²) in [7, 11) is 1.72. The number of nitrogens with one attached hydrogen (secondary N) is 2. The second-order valence-electron chi connectivity index (χ2n) is 3.88. The fourth-order valence-electron chi connectivity index (χ4n) is 1.96. The molecule has 0 bridgehead atoms. The highest BCUT2D eigenvalue weighted by Gasteiger charge is 2.36. The zero-order valence-corrected chi connectivity index (χ0v) is 9.36. The van der Waals surface area contributed by atoms with Crippen LogP contribution >= 0.6 is 0 Å². The smallest absolute Gasteiger partial charge is 0.358 e. The van der Waals surface area contributed by atoms with E-state index in [0.29, 0.717) is 18.5 Å². The molecule has 2 aromatic rings. The fraction of sp³-hybridized carbons (Fsp3) is 0.333. The van der Waals surface area contributed by atoms with Gasteiger partial charge in [0.25, 0.3) is 0 Å². The Labute approximate surface area is 96.8 Å². The Morgan fingerprint density at radius 1 is 1.24 bits per heavy atom. The van der Waals surface area contributed by atoms with Gasteiger partial charge in [-0.2, -0.15) is 13.2 Å². The van der Waals surface area contributed by atoms with E-state index in [4.69, 9.17) is 0 Å². The lowest BCUT2D eigenvalue weighted by molar-refractivity contribution is -0.136. The largest absolute Gasteiger partial charge is 0.418 e. The van der Waals surface area contributed by atoms with Crippen molar-refractivity contribution in [2.75, 3.05) is 13.6 Å². The number of likely N-dealkylation sites (N-methyl/N-ethyl adjacent to an activating group) is 1. The molecule has 0 aliphatic carbocycles. The van der Waals surface area contributed by atoms with Gasteiger partial charge in [0.15, 0.2) is 0 Å². The molecule has 2 N–H and O–H groups in total. The average Bonchev–Trinajstić information content (AvgIpc) is 2.63. The minimum Gasteiger partial charge on any atom is -0.358 e. The van der Waals surface area contributed by atoms with Crippen LogP contribution in [0, 0.1) is 0 Å². The maximum absolute atomic E-state index is 13.0. The van der Waals surface area contributed by atoms with Gasteiger partial charge in [-0.1, -0.05) is 18.2 Å². The van der Waals surface area contributed by atoms with E-state index < -0.39 is 11.7 Å². The Kier molecular flexibility index (Phi) is 3.11. The van der Waals surface area contributed by atoms with Crippen LogP contribution in [0.25, 0.3) is 10.9 Å². The van der Waals surface area contributed by atoms with Gasteiger partial charge in [-0.05, 0) is 13.1 Å². The van der Waals surface area contributed by atoms with E-state index in [2.05, 4.69) is 10.3 Å². The standard InChI is InChI=1S/C12H13F3N2/c1-16-7-6-10-11(12(13,14)15)8-4-2-3-5-9(8)17-10/h2-5,16-17H,6-7H2,1H3. The van der Waals surface area contributed by atoms with Crippen molar-refractivity contribution in [1.82, 2.24) is 10.3 Å². The molecule has 0 atom stereocenters. The SMILES string of the molecule is CNCCc1[nH]c2ccccc2c1C(F)(F)F. The van der Waals surface area contributed by atoms with Crippen molar-refractivity contribution < 1.29 is 13.2 Å². The van der Waals surface area contributed by atoms with Gasteiger partial charge in [0, 0.05) is 29.6 Å². The molecular formula is C12H13F3N2. The van der Waals surface area contributed by atoms with Gasteiger partial charge in [-0.15, -0.1) is 0 Å². The number of aromatic amines is 1. The zero-order valence-electron chi connectivity index (χ0n) is 9.36.